The summed E-state index contributed by atoms with van der Waals surface area (Å²) in [6.07, 6.45) is 25.9. The van der Waals surface area contributed by atoms with Gasteiger partial charge < -0.3 is 24.2 Å². The van der Waals surface area contributed by atoms with Crippen LogP contribution in [0.3, 0.4) is 0 Å². The maximum Gasteiger partial charge on any atom is 0.306 e. The minimum atomic E-state index is -0.000604. The van der Waals surface area contributed by atoms with Crippen molar-refractivity contribution in [2.45, 2.75) is 161 Å². The van der Waals surface area contributed by atoms with Gasteiger partial charge in [0.05, 0.1) is 6.61 Å². The maximum absolute atomic E-state index is 12.3. The van der Waals surface area contributed by atoms with E-state index in [1.165, 1.54) is 89.9 Å². The molecule has 0 heterocycles. The molecule has 0 spiro atoms. The molecule has 1 fully saturated rings. The molecule has 0 atom stereocenters. The highest BCUT2D eigenvalue weighted by Crippen LogP contribution is 2.30. The van der Waals surface area contributed by atoms with Crippen LogP contribution in [-0.2, 0) is 19.0 Å². The standard InChI is InChI=1S/C34H67NO5/c1-3-5-7-17-29-38-31-39-30-18-11-9-8-10-15-25-35(27-28-36)26-16-12-14-20-34(37)40-33-23-21-32(22-24-33)19-13-6-4-2/h32-33,36H,3-31H2,1-2H3. The Kier molecular flexibility index (Phi) is 26.5. The highest BCUT2D eigenvalue weighted by Gasteiger charge is 2.23. The van der Waals surface area contributed by atoms with Crippen molar-refractivity contribution in [3.8, 4) is 0 Å². The van der Waals surface area contributed by atoms with Gasteiger partial charge in [0.2, 0.25) is 0 Å². The van der Waals surface area contributed by atoms with Gasteiger partial charge in [0.1, 0.15) is 12.9 Å². The number of hydrogen-bond donors (Lipinski definition) is 1. The molecule has 0 aromatic rings. The molecule has 238 valence electrons. The molecule has 1 rings (SSSR count). The summed E-state index contributed by atoms with van der Waals surface area (Å²) in [4.78, 5) is 14.7. The zero-order chi connectivity index (χ0) is 28.9. The van der Waals surface area contributed by atoms with E-state index in [0.717, 1.165) is 83.7 Å². The zero-order valence-electron chi connectivity index (χ0n) is 26.7. The minimum absolute atomic E-state index is 0.000604. The average Bonchev–Trinajstić information content (AvgIpc) is 2.96. The van der Waals surface area contributed by atoms with Crippen LogP contribution in [0.1, 0.15) is 155 Å². The lowest BCUT2D eigenvalue weighted by Gasteiger charge is -2.28. The van der Waals surface area contributed by atoms with Gasteiger partial charge in [0.25, 0.3) is 0 Å². The summed E-state index contributed by atoms with van der Waals surface area (Å²) in [5.74, 6) is 0.850. The first-order valence-corrected chi connectivity index (χ1v) is 17.4. The first-order valence-electron chi connectivity index (χ1n) is 17.4. The van der Waals surface area contributed by atoms with E-state index < -0.39 is 0 Å². The number of ether oxygens (including phenoxy) is 3. The van der Waals surface area contributed by atoms with Gasteiger partial charge in [-0.05, 0) is 76.8 Å². The molecule has 6 nitrogen and oxygen atoms in total. The fourth-order valence-corrected chi connectivity index (χ4v) is 5.78. The van der Waals surface area contributed by atoms with E-state index in [1.807, 2.05) is 0 Å². The first-order chi connectivity index (χ1) is 19.7. The number of unbranched alkanes of at least 4 members (excludes halogenated alkanes) is 12. The number of carbonyl (C=O) groups is 1. The Morgan fingerprint density at radius 1 is 0.675 bits per heavy atom. The summed E-state index contributed by atoms with van der Waals surface area (Å²) in [6.45, 7) is 9.59. The topological polar surface area (TPSA) is 68.2 Å². The van der Waals surface area contributed by atoms with Crippen LogP contribution in [0.4, 0.5) is 0 Å². The van der Waals surface area contributed by atoms with Crippen LogP contribution in [0.25, 0.3) is 0 Å². The maximum atomic E-state index is 12.3. The number of nitrogens with zero attached hydrogens (tertiary/aromatic N) is 1. The lowest BCUT2D eigenvalue weighted by Crippen LogP contribution is -2.29. The Morgan fingerprint density at radius 3 is 1.85 bits per heavy atom. The van der Waals surface area contributed by atoms with Crippen LogP contribution < -0.4 is 0 Å². The molecule has 6 heteroatoms. The number of aliphatic hydroxyl groups excluding tert-OH is 1. The molecule has 0 aromatic carbocycles. The molecule has 40 heavy (non-hydrogen) atoms. The van der Waals surface area contributed by atoms with Crippen molar-refractivity contribution in [2.75, 3.05) is 46.2 Å². The predicted octanol–water partition coefficient (Wildman–Crippen LogP) is 8.44. The van der Waals surface area contributed by atoms with E-state index in [4.69, 9.17) is 14.2 Å². The third kappa shape index (κ3) is 22.9. The van der Waals surface area contributed by atoms with Crippen molar-refractivity contribution < 1.29 is 24.1 Å². The van der Waals surface area contributed by atoms with Crippen LogP contribution in [0.15, 0.2) is 0 Å². The lowest BCUT2D eigenvalue weighted by atomic mass is 9.84. The summed E-state index contributed by atoms with van der Waals surface area (Å²) in [7, 11) is 0. The van der Waals surface area contributed by atoms with Crippen molar-refractivity contribution >= 4 is 5.97 Å². The molecular formula is C34H67NO5. The van der Waals surface area contributed by atoms with Crippen LogP contribution >= 0.6 is 0 Å². The molecular weight excluding hydrogens is 502 g/mol. The summed E-state index contributed by atoms with van der Waals surface area (Å²) in [5.41, 5.74) is 0. The van der Waals surface area contributed by atoms with E-state index in [2.05, 4.69) is 18.7 Å². The highest BCUT2D eigenvalue weighted by atomic mass is 16.7. The monoisotopic (exact) mass is 570 g/mol. The molecule has 0 aliphatic heterocycles. The smallest absolute Gasteiger partial charge is 0.306 e. The van der Waals surface area contributed by atoms with Gasteiger partial charge in [-0.2, -0.15) is 0 Å². The predicted molar refractivity (Wildman–Crippen MR) is 167 cm³/mol. The molecule has 1 saturated carbocycles. The molecule has 0 bridgehead atoms. The first kappa shape index (κ1) is 37.3. The van der Waals surface area contributed by atoms with E-state index in [1.54, 1.807) is 0 Å². The number of hydrogen-bond acceptors (Lipinski definition) is 6. The summed E-state index contributed by atoms with van der Waals surface area (Å²) in [5, 5.41) is 9.44. The minimum Gasteiger partial charge on any atom is -0.462 e. The summed E-state index contributed by atoms with van der Waals surface area (Å²) >= 11 is 0. The van der Waals surface area contributed by atoms with Crippen molar-refractivity contribution in [1.29, 1.82) is 0 Å². The summed E-state index contributed by atoms with van der Waals surface area (Å²) < 4.78 is 16.9. The van der Waals surface area contributed by atoms with Gasteiger partial charge in [-0.1, -0.05) is 90.9 Å². The van der Waals surface area contributed by atoms with Crippen LogP contribution in [0.2, 0.25) is 0 Å². The number of carbonyl (C=O) groups excluding carboxylic acids is 1. The van der Waals surface area contributed by atoms with Crippen molar-refractivity contribution in [3.05, 3.63) is 0 Å². The molecule has 1 N–H and O–H groups in total. The fourth-order valence-electron chi connectivity index (χ4n) is 5.78. The SMILES string of the molecule is CCCCCCOCOCCCCCCCCN(CCO)CCCCCC(=O)OC1CCC(CCCCC)CC1. The lowest BCUT2D eigenvalue weighted by molar-refractivity contribution is -0.151. The van der Waals surface area contributed by atoms with Crippen LogP contribution in [0.5, 0.6) is 0 Å². The Bertz CT molecular complexity index is 538. The van der Waals surface area contributed by atoms with Crippen LogP contribution in [0, 0.1) is 5.92 Å². The fraction of sp³-hybridized carbons (Fsp3) is 0.971. The van der Waals surface area contributed by atoms with E-state index in [9.17, 15) is 9.90 Å². The molecule has 0 unspecified atom stereocenters. The van der Waals surface area contributed by atoms with Gasteiger partial charge in [-0.25, -0.2) is 0 Å². The van der Waals surface area contributed by atoms with Gasteiger partial charge in [0, 0.05) is 26.2 Å². The van der Waals surface area contributed by atoms with E-state index in [0.29, 0.717) is 13.2 Å². The molecule has 1 aliphatic carbocycles. The number of esters is 1. The van der Waals surface area contributed by atoms with Gasteiger partial charge in [-0.15, -0.1) is 0 Å². The van der Waals surface area contributed by atoms with Crippen molar-refractivity contribution in [1.82, 2.24) is 4.90 Å². The molecule has 0 aromatic heterocycles. The van der Waals surface area contributed by atoms with E-state index in [-0.39, 0.29) is 18.7 Å². The van der Waals surface area contributed by atoms with Crippen molar-refractivity contribution in [2.24, 2.45) is 5.92 Å². The third-order valence-electron chi connectivity index (χ3n) is 8.40. The summed E-state index contributed by atoms with van der Waals surface area (Å²) in [6, 6.07) is 0. The Hall–Kier alpha value is -0.690. The Labute approximate surface area is 248 Å². The van der Waals surface area contributed by atoms with Crippen molar-refractivity contribution in [3.63, 3.8) is 0 Å². The zero-order valence-corrected chi connectivity index (χ0v) is 26.7. The van der Waals surface area contributed by atoms with Gasteiger partial charge in [-0.3, -0.25) is 4.79 Å². The Morgan fingerprint density at radius 2 is 1.23 bits per heavy atom. The van der Waals surface area contributed by atoms with Crippen LogP contribution in [-0.4, -0.2) is 68.3 Å². The molecule has 0 radical (unpaired) electrons. The molecule has 0 amide bonds. The average molecular weight is 570 g/mol. The molecule has 1 aliphatic rings. The largest absolute Gasteiger partial charge is 0.462 e. The van der Waals surface area contributed by atoms with Gasteiger partial charge >= 0.3 is 5.97 Å². The second kappa shape index (κ2) is 28.4. The number of aliphatic hydroxyl groups is 1. The Balaban J connectivity index is 1.92. The second-order valence-electron chi connectivity index (χ2n) is 12.1. The highest BCUT2D eigenvalue weighted by molar-refractivity contribution is 5.69. The normalized spacial score (nSPS) is 17.5. The number of rotatable bonds is 29. The quantitative estimate of drug-likeness (QED) is 0.0554. The van der Waals surface area contributed by atoms with Gasteiger partial charge in [0.15, 0.2) is 0 Å². The third-order valence-corrected chi connectivity index (χ3v) is 8.40. The second-order valence-corrected chi connectivity index (χ2v) is 12.1. The molecule has 0 saturated heterocycles. The van der Waals surface area contributed by atoms with E-state index >= 15 is 0 Å².